The molecule has 2 heterocycles. The van der Waals surface area contributed by atoms with Gasteiger partial charge in [0.25, 0.3) is 0 Å². The third kappa shape index (κ3) is 5.92. The van der Waals surface area contributed by atoms with Crippen molar-refractivity contribution in [2.75, 3.05) is 40.5 Å². The molecule has 1 aromatic carbocycles. The quantitative estimate of drug-likeness (QED) is 0.368. The van der Waals surface area contributed by atoms with Crippen LogP contribution in [-0.2, 0) is 16.7 Å². The smallest absolute Gasteiger partial charge is 0.191 e. The van der Waals surface area contributed by atoms with E-state index in [0.29, 0.717) is 18.2 Å². The number of nitrogens with one attached hydrogen (secondary N) is 2. The van der Waals surface area contributed by atoms with Gasteiger partial charge in [-0.2, -0.15) is 5.10 Å². The van der Waals surface area contributed by atoms with Gasteiger partial charge >= 0.3 is 0 Å². The minimum absolute atomic E-state index is 0.129. The molecule has 0 aliphatic carbocycles. The largest absolute Gasteiger partial charge is 0.496 e. The first-order chi connectivity index (χ1) is 15.0. The Morgan fingerprint density at radius 3 is 2.68 bits per heavy atom. The predicted octanol–water partition coefficient (Wildman–Crippen LogP) is 3.47. The average molecular weight is 448 g/mol. The van der Waals surface area contributed by atoms with E-state index in [1.807, 2.05) is 25.1 Å². The maximum absolute atomic E-state index is 6.34. The summed E-state index contributed by atoms with van der Waals surface area (Å²) in [7, 11) is 3.50. The number of rotatable bonds is 8. The van der Waals surface area contributed by atoms with Gasteiger partial charge in [-0.1, -0.05) is 11.6 Å². The molecule has 0 spiro atoms. The molecule has 1 fully saturated rings. The Morgan fingerprint density at radius 1 is 1.26 bits per heavy atom. The number of halogens is 1. The van der Waals surface area contributed by atoms with Crippen molar-refractivity contribution in [3.63, 3.8) is 0 Å². The number of hydrogen-bond donors (Lipinski definition) is 2. The molecular weight excluding hydrogens is 414 g/mol. The molecule has 2 N–H and O–H groups in total. The lowest BCUT2D eigenvalue weighted by Crippen LogP contribution is -2.48. The fraction of sp³-hybridized carbons (Fsp3) is 0.565. The lowest BCUT2D eigenvalue weighted by atomic mass is 9.73. The van der Waals surface area contributed by atoms with Crippen molar-refractivity contribution in [2.24, 2.45) is 4.99 Å². The fourth-order valence-corrected chi connectivity index (χ4v) is 4.38. The van der Waals surface area contributed by atoms with E-state index < -0.39 is 0 Å². The standard InChI is InChI=1S/C23H34ClN5O2/c1-17-14-18(2)29(28-17)11-5-10-26-22(25-3)27-16-23(8-12-31-13-9-23)20-15-19(24)6-7-21(20)30-4/h6-7,14-15H,5,8-13,16H2,1-4H3,(H2,25,26,27). The molecule has 3 rings (SSSR count). The van der Waals surface area contributed by atoms with Crippen LogP contribution in [0, 0.1) is 13.8 Å². The molecule has 0 radical (unpaired) electrons. The molecule has 7 nitrogen and oxygen atoms in total. The van der Waals surface area contributed by atoms with E-state index in [9.17, 15) is 0 Å². The van der Waals surface area contributed by atoms with Crippen molar-refractivity contribution in [1.82, 2.24) is 20.4 Å². The van der Waals surface area contributed by atoms with Crippen molar-refractivity contribution in [3.05, 3.63) is 46.2 Å². The van der Waals surface area contributed by atoms with E-state index in [2.05, 4.69) is 38.4 Å². The Hall–Kier alpha value is -2.25. The van der Waals surface area contributed by atoms with Gasteiger partial charge in [0.2, 0.25) is 0 Å². The molecule has 1 saturated heterocycles. The second-order valence-corrected chi connectivity index (χ2v) is 8.53. The number of nitrogens with zero attached hydrogens (tertiary/aromatic N) is 3. The molecule has 0 saturated carbocycles. The van der Waals surface area contributed by atoms with E-state index in [-0.39, 0.29) is 5.41 Å². The normalized spacial score (nSPS) is 16.2. The minimum Gasteiger partial charge on any atom is -0.496 e. The Balaban J connectivity index is 1.61. The van der Waals surface area contributed by atoms with Crippen molar-refractivity contribution < 1.29 is 9.47 Å². The summed E-state index contributed by atoms with van der Waals surface area (Å²) in [5.74, 6) is 1.65. The molecule has 0 bridgehead atoms. The van der Waals surface area contributed by atoms with Crippen LogP contribution in [0.2, 0.25) is 5.02 Å². The first kappa shape index (κ1) is 23.4. The summed E-state index contributed by atoms with van der Waals surface area (Å²) in [6, 6.07) is 7.94. The zero-order chi connectivity index (χ0) is 22.3. The van der Waals surface area contributed by atoms with Gasteiger partial charge in [-0.15, -0.1) is 0 Å². The predicted molar refractivity (Wildman–Crippen MR) is 125 cm³/mol. The molecule has 1 aromatic heterocycles. The number of aryl methyl sites for hydroxylation is 3. The maximum atomic E-state index is 6.34. The first-order valence-electron chi connectivity index (χ1n) is 10.8. The van der Waals surface area contributed by atoms with Crippen LogP contribution in [0.3, 0.4) is 0 Å². The van der Waals surface area contributed by atoms with E-state index in [1.54, 1.807) is 14.2 Å². The molecule has 2 aromatic rings. The number of guanidine groups is 1. The van der Waals surface area contributed by atoms with Gasteiger partial charge < -0.3 is 20.1 Å². The van der Waals surface area contributed by atoms with Crippen molar-refractivity contribution in [2.45, 2.75) is 45.1 Å². The van der Waals surface area contributed by atoms with Crippen LogP contribution >= 0.6 is 11.6 Å². The third-order valence-corrected chi connectivity index (χ3v) is 6.18. The monoisotopic (exact) mass is 447 g/mol. The van der Waals surface area contributed by atoms with Crippen molar-refractivity contribution >= 4 is 17.6 Å². The maximum Gasteiger partial charge on any atom is 0.191 e. The fourth-order valence-electron chi connectivity index (χ4n) is 4.21. The molecular formula is C23H34ClN5O2. The third-order valence-electron chi connectivity index (χ3n) is 5.94. The van der Waals surface area contributed by atoms with Gasteiger partial charge in [-0.05, 0) is 57.4 Å². The van der Waals surface area contributed by atoms with Gasteiger partial charge in [0.1, 0.15) is 5.75 Å². The van der Waals surface area contributed by atoms with Crippen LogP contribution in [0.25, 0.3) is 0 Å². The highest BCUT2D eigenvalue weighted by Gasteiger charge is 2.37. The zero-order valence-corrected chi connectivity index (χ0v) is 19.8. The van der Waals surface area contributed by atoms with E-state index in [4.69, 9.17) is 21.1 Å². The Kier molecular flexibility index (Phi) is 8.21. The van der Waals surface area contributed by atoms with E-state index >= 15 is 0 Å². The number of methoxy groups -OCH3 is 1. The van der Waals surface area contributed by atoms with Gasteiger partial charge in [-0.25, -0.2) is 0 Å². The number of hydrogen-bond acceptors (Lipinski definition) is 4. The summed E-state index contributed by atoms with van der Waals surface area (Å²) >= 11 is 6.34. The van der Waals surface area contributed by atoms with Crippen LogP contribution in [0.1, 0.15) is 36.2 Å². The Bertz CT molecular complexity index is 890. The highest BCUT2D eigenvalue weighted by atomic mass is 35.5. The van der Waals surface area contributed by atoms with Gasteiger partial charge in [0.05, 0.1) is 12.8 Å². The lowest BCUT2D eigenvalue weighted by Gasteiger charge is -2.39. The number of aliphatic imine (C=N–C) groups is 1. The highest BCUT2D eigenvalue weighted by molar-refractivity contribution is 6.30. The summed E-state index contributed by atoms with van der Waals surface area (Å²) in [5, 5.41) is 12.2. The van der Waals surface area contributed by atoms with Crippen LogP contribution in [-0.4, -0.2) is 56.2 Å². The summed E-state index contributed by atoms with van der Waals surface area (Å²) in [6.07, 6.45) is 2.75. The first-order valence-corrected chi connectivity index (χ1v) is 11.2. The van der Waals surface area contributed by atoms with E-state index in [0.717, 1.165) is 61.9 Å². The summed E-state index contributed by atoms with van der Waals surface area (Å²) in [6.45, 7) is 7.96. The SMILES string of the molecule is CN=C(NCCCn1nc(C)cc1C)NCC1(c2cc(Cl)ccc2OC)CCOCC1. The summed E-state index contributed by atoms with van der Waals surface area (Å²) < 4.78 is 13.4. The van der Waals surface area contributed by atoms with E-state index in [1.165, 1.54) is 5.69 Å². The highest BCUT2D eigenvalue weighted by Crippen LogP contribution is 2.40. The minimum atomic E-state index is -0.129. The number of ether oxygens (including phenoxy) is 2. The van der Waals surface area contributed by atoms with Crippen LogP contribution in [0.5, 0.6) is 5.75 Å². The molecule has 1 aliphatic heterocycles. The van der Waals surface area contributed by atoms with Gasteiger partial charge in [0, 0.05) is 61.6 Å². The van der Waals surface area contributed by atoms with Crippen LogP contribution < -0.4 is 15.4 Å². The van der Waals surface area contributed by atoms with Crippen molar-refractivity contribution in [3.8, 4) is 5.75 Å². The number of aromatic nitrogens is 2. The van der Waals surface area contributed by atoms with Crippen LogP contribution in [0.15, 0.2) is 29.3 Å². The second kappa shape index (κ2) is 10.9. The number of benzene rings is 1. The van der Waals surface area contributed by atoms with Gasteiger partial charge in [-0.3, -0.25) is 9.67 Å². The Morgan fingerprint density at radius 2 is 2.03 bits per heavy atom. The molecule has 8 heteroatoms. The molecule has 0 atom stereocenters. The van der Waals surface area contributed by atoms with Gasteiger partial charge in [0.15, 0.2) is 5.96 Å². The summed E-state index contributed by atoms with van der Waals surface area (Å²) in [5.41, 5.74) is 3.24. The molecule has 0 unspecified atom stereocenters. The molecule has 0 amide bonds. The zero-order valence-electron chi connectivity index (χ0n) is 19.0. The molecule has 31 heavy (non-hydrogen) atoms. The summed E-state index contributed by atoms with van der Waals surface area (Å²) in [4.78, 5) is 4.41. The second-order valence-electron chi connectivity index (χ2n) is 8.09. The van der Waals surface area contributed by atoms with Crippen molar-refractivity contribution in [1.29, 1.82) is 0 Å². The topological polar surface area (TPSA) is 72.7 Å². The Labute approximate surface area is 190 Å². The molecule has 1 aliphatic rings. The van der Waals surface area contributed by atoms with Crippen LogP contribution in [0.4, 0.5) is 0 Å². The molecule has 170 valence electrons. The average Bonchev–Trinajstić information content (AvgIpc) is 3.10. The lowest BCUT2D eigenvalue weighted by molar-refractivity contribution is 0.0505.